The first-order valence-corrected chi connectivity index (χ1v) is 5.01. The van der Waals surface area contributed by atoms with E-state index in [4.69, 9.17) is 0 Å². The molecule has 1 fully saturated rings. The molecule has 0 spiro atoms. The average Bonchev–Trinajstić information content (AvgIpc) is 2.65. The molecule has 5 heteroatoms. The number of carbonyl (C=O) groups is 2. The highest BCUT2D eigenvalue weighted by atomic mass is 16.2. The van der Waals surface area contributed by atoms with Gasteiger partial charge in [-0.2, -0.15) is 0 Å². The third-order valence-corrected chi connectivity index (χ3v) is 2.32. The number of ketones is 1. The summed E-state index contributed by atoms with van der Waals surface area (Å²) < 4.78 is 0. The van der Waals surface area contributed by atoms with Crippen LogP contribution in [0.3, 0.4) is 0 Å². The minimum absolute atomic E-state index is 0.373. The van der Waals surface area contributed by atoms with Crippen LogP contribution in [0.2, 0.25) is 0 Å². The lowest BCUT2D eigenvalue weighted by molar-refractivity contribution is -0.133. The van der Waals surface area contributed by atoms with E-state index in [1.807, 2.05) is 4.90 Å². The third kappa shape index (κ3) is 2.87. The number of hydrazine groups is 1. The van der Waals surface area contributed by atoms with Crippen LogP contribution in [0.1, 0.15) is 26.2 Å². The second kappa shape index (κ2) is 5.85. The van der Waals surface area contributed by atoms with Crippen molar-refractivity contribution < 1.29 is 9.59 Å². The predicted molar refractivity (Wildman–Crippen MR) is 52.2 cm³/mol. The number of carbonyl (C=O) groups excluding carboxylic acids is 2. The van der Waals surface area contributed by atoms with Gasteiger partial charge in [-0.25, -0.2) is 10.9 Å². The number of hydrogen-bond donors (Lipinski definition) is 2. The highest BCUT2D eigenvalue weighted by Gasteiger charge is 2.28. The van der Waals surface area contributed by atoms with E-state index in [9.17, 15) is 9.59 Å². The van der Waals surface area contributed by atoms with Crippen LogP contribution in [-0.4, -0.2) is 36.3 Å². The molecule has 1 heterocycles. The number of unbranched alkanes of at least 4 members (excludes halogenated alkanes) is 2. The molecule has 0 aromatic rings. The van der Waals surface area contributed by atoms with Gasteiger partial charge in [0, 0.05) is 6.54 Å². The van der Waals surface area contributed by atoms with Crippen LogP contribution in [0.25, 0.3) is 0 Å². The molecule has 1 aliphatic rings. The average molecular weight is 199 g/mol. The molecule has 0 aromatic heterocycles. The molecule has 80 valence electrons. The normalized spacial score (nSPS) is 22.5. The summed E-state index contributed by atoms with van der Waals surface area (Å²) in [6.45, 7) is 3.60. The first-order valence-electron chi connectivity index (χ1n) is 5.01. The fourth-order valence-corrected chi connectivity index (χ4v) is 1.52. The standard InChI is InChI=1S/C9H17N3O2/c1-2-3-4-5-12-7-10-11-9(12)8(14)6-13/h6,9-11H,2-5,7H2,1H3. The molecule has 0 amide bonds. The summed E-state index contributed by atoms with van der Waals surface area (Å²) in [5.74, 6) is -0.411. The Morgan fingerprint density at radius 2 is 2.36 bits per heavy atom. The second-order valence-corrected chi connectivity index (χ2v) is 3.42. The molecule has 1 unspecified atom stereocenters. The monoisotopic (exact) mass is 199 g/mol. The number of aldehydes is 1. The number of Topliss-reactive ketones (excluding diaryl/α,β-unsaturated/α-hetero) is 1. The highest BCUT2D eigenvalue weighted by molar-refractivity contribution is 6.27. The second-order valence-electron chi connectivity index (χ2n) is 3.42. The van der Waals surface area contributed by atoms with Crippen molar-refractivity contribution in [2.45, 2.75) is 32.4 Å². The Labute approximate surface area is 83.8 Å². The van der Waals surface area contributed by atoms with Gasteiger partial charge in [-0.05, 0) is 6.42 Å². The zero-order chi connectivity index (χ0) is 10.4. The summed E-state index contributed by atoms with van der Waals surface area (Å²) in [5, 5.41) is 0. The summed E-state index contributed by atoms with van der Waals surface area (Å²) in [6.07, 6.45) is 3.27. The van der Waals surface area contributed by atoms with E-state index >= 15 is 0 Å². The van der Waals surface area contributed by atoms with E-state index < -0.39 is 11.9 Å². The summed E-state index contributed by atoms with van der Waals surface area (Å²) in [5.41, 5.74) is 5.64. The van der Waals surface area contributed by atoms with Gasteiger partial charge in [-0.1, -0.05) is 19.8 Å². The molecule has 0 radical (unpaired) electrons. The topological polar surface area (TPSA) is 61.4 Å². The Hall–Kier alpha value is -0.780. The van der Waals surface area contributed by atoms with Crippen molar-refractivity contribution in [2.24, 2.45) is 0 Å². The van der Waals surface area contributed by atoms with Gasteiger partial charge in [0.2, 0.25) is 5.78 Å². The van der Waals surface area contributed by atoms with Crippen LogP contribution in [0, 0.1) is 0 Å². The Balaban J connectivity index is 2.35. The van der Waals surface area contributed by atoms with Crippen molar-refractivity contribution in [3.8, 4) is 0 Å². The highest BCUT2D eigenvalue weighted by Crippen LogP contribution is 2.04. The van der Waals surface area contributed by atoms with E-state index in [1.165, 1.54) is 0 Å². The summed E-state index contributed by atoms with van der Waals surface area (Å²) >= 11 is 0. The molecule has 0 aromatic carbocycles. The van der Waals surface area contributed by atoms with E-state index in [2.05, 4.69) is 17.8 Å². The molecular formula is C9H17N3O2. The summed E-state index contributed by atoms with van der Waals surface area (Å²) in [6, 6.07) is 0. The Morgan fingerprint density at radius 3 is 3.00 bits per heavy atom. The van der Waals surface area contributed by atoms with Gasteiger partial charge in [-0.3, -0.25) is 14.5 Å². The van der Waals surface area contributed by atoms with Gasteiger partial charge in [0.25, 0.3) is 0 Å². The van der Waals surface area contributed by atoms with E-state index in [1.54, 1.807) is 0 Å². The Morgan fingerprint density at radius 1 is 1.57 bits per heavy atom. The van der Waals surface area contributed by atoms with E-state index in [-0.39, 0.29) is 0 Å². The zero-order valence-corrected chi connectivity index (χ0v) is 8.45. The minimum atomic E-state index is -0.468. The molecule has 0 bridgehead atoms. The molecule has 1 rings (SSSR count). The van der Waals surface area contributed by atoms with Crippen molar-refractivity contribution in [3.05, 3.63) is 0 Å². The molecular weight excluding hydrogens is 182 g/mol. The molecule has 1 atom stereocenters. The fourth-order valence-electron chi connectivity index (χ4n) is 1.52. The number of hydrogen-bond acceptors (Lipinski definition) is 5. The lowest BCUT2D eigenvalue weighted by Crippen LogP contribution is -2.44. The predicted octanol–water partition coefficient (Wildman–Crippen LogP) is -0.362. The van der Waals surface area contributed by atoms with Crippen LogP contribution in [-0.2, 0) is 9.59 Å². The fraction of sp³-hybridized carbons (Fsp3) is 0.778. The molecule has 1 saturated heterocycles. The number of rotatable bonds is 6. The van der Waals surface area contributed by atoms with E-state index in [0.29, 0.717) is 13.0 Å². The van der Waals surface area contributed by atoms with Crippen molar-refractivity contribution >= 4 is 12.1 Å². The molecule has 0 saturated carbocycles. The first-order chi connectivity index (χ1) is 6.79. The van der Waals surface area contributed by atoms with Crippen LogP contribution >= 0.6 is 0 Å². The van der Waals surface area contributed by atoms with Crippen molar-refractivity contribution in [1.82, 2.24) is 15.8 Å². The zero-order valence-electron chi connectivity index (χ0n) is 8.45. The maximum absolute atomic E-state index is 11.1. The third-order valence-electron chi connectivity index (χ3n) is 2.32. The van der Waals surface area contributed by atoms with Crippen molar-refractivity contribution in [3.63, 3.8) is 0 Å². The number of nitrogens with one attached hydrogen (secondary N) is 2. The maximum Gasteiger partial charge on any atom is 0.228 e. The smallest absolute Gasteiger partial charge is 0.228 e. The van der Waals surface area contributed by atoms with E-state index in [0.717, 1.165) is 25.8 Å². The molecule has 1 aliphatic heterocycles. The molecule has 14 heavy (non-hydrogen) atoms. The molecule has 5 nitrogen and oxygen atoms in total. The maximum atomic E-state index is 11.1. The van der Waals surface area contributed by atoms with Gasteiger partial charge in [0.1, 0.15) is 6.17 Å². The SMILES string of the molecule is CCCCCN1CNNC1C(=O)C=O. The largest absolute Gasteiger partial charge is 0.294 e. The Bertz CT molecular complexity index is 208. The number of nitrogens with zero attached hydrogens (tertiary/aromatic N) is 1. The van der Waals surface area contributed by atoms with Crippen molar-refractivity contribution in [2.75, 3.05) is 13.2 Å². The van der Waals surface area contributed by atoms with Crippen LogP contribution in [0.4, 0.5) is 0 Å². The minimum Gasteiger partial charge on any atom is -0.294 e. The molecule has 2 N–H and O–H groups in total. The van der Waals surface area contributed by atoms with Gasteiger partial charge >= 0.3 is 0 Å². The first kappa shape index (κ1) is 11.3. The Kier molecular flexibility index (Phi) is 4.72. The summed E-state index contributed by atoms with van der Waals surface area (Å²) in [7, 11) is 0. The van der Waals surface area contributed by atoms with Crippen LogP contribution in [0.15, 0.2) is 0 Å². The molecule has 0 aliphatic carbocycles. The lowest BCUT2D eigenvalue weighted by Gasteiger charge is -2.19. The summed E-state index contributed by atoms with van der Waals surface area (Å²) in [4.78, 5) is 23.4. The quantitative estimate of drug-likeness (QED) is 0.347. The van der Waals surface area contributed by atoms with Crippen molar-refractivity contribution in [1.29, 1.82) is 0 Å². The van der Waals surface area contributed by atoms with Gasteiger partial charge in [0.15, 0.2) is 6.29 Å². The van der Waals surface area contributed by atoms with Gasteiger partial charge in [-0.15, -0.1) is 0 Å². The van der Waals surface area contributed by atoms with Crippen LogP contribution < -0.4 is 10.9 Å². The van der Waals surface area contributed by atoms with Gasteiger partial charge < -0.3 is 0 Å². The lowest BCUT2D eigenvalue weighted by atomic mass is 10.2. The van der Waals surface area contributed by atoms with Gasteiger partial charge in [0.05, 0.1) is 6.67 Å². The van der Waals surface area contributed by atoms with Crippen LogP contribution in [0.5, 0.6) is 0 Å².